The summed E-state index contributed by atoms with van der Waals surface area (Å²) in [5.74, 6) is -1.22. The van der Waals surface area contributed by atoms with Gasteiger partial charge in [0.25, 0.3) is 5.91 Å². The Hall–Kier alpha value is -3.13. The average Bonchev–Trinajstić information content (AvgIpc) is 3.03. The van der Waals surface area contributed by atoms with Crippen molar-refractivity contribution in [1.82, 2.24) is 15.4 Å². The van der Waals surface area contributed by atoms with Gasteiger partial charge < -0.3 is 10.1 Å². The lowest BCUT2D eigenvalue weighted by molar-refractivity contribution is -0.118. The number of aromatic carboxylic acids is 1. The van der Waals surface area contributed by atoms with E-state index in [4.69, 9.17) is 5.11 Å². The van der Waals surface area contributed by atoms with Crippen LogP contribution in [-0.4, -0.2) is 38.9 Å². The highest BCUT2D eigenvalue weighted by Crippen LogP contribution is 2.18. The SMILES string of the molecule is O=C(CSc1nc2ccccc2[nH]1)N/N=C/c1ccccc1C(=O)O. The van der Waals surface area contributed by atoms with E-state index in [9.17, 15) is 9.59 Å². The van der Waals surface area contributed by atoms with Gasteiger partial charge in [0.05, 0.1) is 28.6 Å². The first-order chi connectivity index (χ1) is 12.1. The van der Waals surface area contributed by atoms with Gasteiger partial charge in [0.15, 0.2) is 5.16 Å². The smallest absolute Gasteiger partial charge is 0.336 e. The van der Waals surface area contributed by atoms with Crippen LogP contribution in [0.3, 0.4) is 0 Å². The number of para-hydroxylation sites is 2. The Labute approximate surface area is 147 Å². The van der Waals surface area contributed by atoms with Gasteiger partial charge in [0.2, 0.25) is 0 Å². The zero-order valence-corrected chi connectivity index (χ0v) is 13.8. The molecule has 0 bridgehead atoms. The summed E-state index contributed by atoms with van der Waals surface area (Å²) >= 11 is 1.26. The van der Waals surface area contributed by atoms with E-state index in [0.29, 0.717) is 10.7 Å². The molecule has 0 aliphatic carbocycles. The van der Waals surface area contributed by atoms with Crippen LogP contribution in [0.2, 0.25) is 0 Å². The maximum atomic E-state index is 11.8. The lowest BCUT2D eigenvalue weighted by Crippen LogP contribution is -2.19. The van der Waals surface area contributed by atoms with Crippen molar-refractivity contribution in [2.75, 3.05) is 5.75 Å². The summed E-state index contributed by atoms with van der Waals surface area (Å²) < 4.78 is 0. The third-order valence-electron chi connectivity index (χ3n) is 3.29. The second-order valence-electron chi connectivity index (χ2n) is 5.03. The lowest BCUT2D eigenvalue weighted by atomic mass is 10.1. The van der Waals surface area contributed by atoms with Crippen molar-refractivity contribution in [3.8, 4) is 0 Å². The van der Waals surface area contributed by atoms with Crippen molar-refractivity contribution in [2.45, 2.75) is 5.16 Å². The summed E-state index contributed by atoms with van der Waals surface area (Å²) in [5.41, 5.74) is 4.67. The molecule has 1 heterocycles. The standard InChI is InChI=1S/C17H14N4O3S/c22-15(10-25-17-19-13-7-3-4-8-14(13)20-17)21-18-9-11-5-1-2-6-12(11)16(23)24/h1-9H,10H2,(H,19,20)(H,21,22)(H,23,24)/b18-9+. The minimum atomic E-state index is -1.05. The Morgan fingerprint density at radius 3 is 2.76 bits per heavy atom. The van der Waals surface area contributed by atoms with Crippen molar-refractivity contribution in [2.24, 2.45) is 5.10 Å². The third kappa shape index (κ3) is 4.24. The highest BCUT2D eigenvalue weighted by atomic mass is 32.2. The number of amides is 1. The molecule has 0 aliphatic rings. The third-order valence-corrected chi connectivity index (χ3v) is 4.17. The Balaban J connectivity index is 1.55. The summed E-state index contributed by atoms with van der Waals surface area (Å²) in [6, 6.07) is 14.0. The first kappa shape index (κ1) is 16.7. The number of carbonyl (C=O) groups is 2. The Morgan fingerprint density at radius 2 is 1.96 bits per heavy atom. The van der Waals surface area contributed by atoms with Gasteiger partial charge >= 0.3 is 5.97 Å². The molecule has 3 rings (SSSR count). The van der Waals surface area contributed by atoms with E-state index in [1.54, 1.807) is 18.2 Å². The number of carboxylic acid groups (broad SMARTS) is 1. The molecule has 1 aromatic heterocycles. The maximum Gasteiger partial charge on any atom is 0.336 e. The first-order valence-corrected chi connectivity index (χ1v) is 8.34. The number of benzene rings is 2. The summed E-state index contributed by atoms with van der Waals surface area (Å²) in [7, 11) is 0. The van der Waals surface area contributed by atoms with Crippen molar-refractivity contribution in [3.63, 3.8) is 0 Å². The van der Waals surface area contributed by atoms with Crippen LogP contribution in [0.15, 0.2) is 58.8 Å². The van der Waals surface area contributed by atoms with Crippen molar-refractivity contribution < 1.29 is 14.7 Å². The van der Waals surface area contributed by atoms with E-state index in [-0.39, 0.29) is 17.2 Å². The van der Waals surface area contributed by atoms with Crippen molar-refractivity contribution in [3.05, 3.63) is 59.7 Å². The van der Waals surface area contributed by atoms with E-state index in [0.717, 1.165) is 11.0 Å². The first-order valence-electron chi connectivity index (χ1n) is 7.35. The second-order valence-corrected chi connectivity index (χ2v) is 6.00. The summed E-state index contributed by atoms with van der Waals surface area (Å²) in [4.78, 5) is 30.4. The summed E-state index contributed by atoms with van der Waals surface area (Å²) in [6.07, 6.45) is 1.31. The van der Waals surface area contributed by atoms with Gasteiger partial charge in [-0.3, -0.25) is 4.79 Å². The predicted molar refractivity (Wildman–Crippen MR) is 96.0 cm³/mol. The minimum Gasteiger partial charge on any atom is -0.478 e. The fraction of sp³-hybridized carbons (Fsp3) is 0.0588. The molecule has 0 aliphatic heterocycles. The van der Waals surface area contributed by atoms with Gasteiger partial charge in [-0.05, 0) is 18.2 Å². The molecule has 0 saturated carbocycles. The number of hydrazone groups is 1. The van der Waals surface area contributed by atoms with Gasteiger partial charge in [-0.2, -0.15) is 5.10 Å². The van der Waals surface area contributed by atoms with Crippen molar-refractivity contribution in [1.29, 1.82) is 0 Å². The van der Waals surface area contributed by atoms with Crippen LogP contribution in [0, 0.1) is 0 Å². The Bertz CT molecular complexity index is 919. The molecule has 2 aromatic carbocycles. The molecule has 0 spiro atoms. The fourth-order valence-electron chi connectivity index (χ4n) is 2.14. The van der Waals surface area contributed by atoms with Crippen LogP contribution in [0.5, 0.6) is 0 Å². The minimum absolute atomic E-state index is 0.122. The number of nitrogens with one attached hydrogen (secondary N) is 2. The second kappa shape index (κ2) is 7.63. The van der Waals surface area contributed by atoms with E-state index in [1.807, 2.05) is 24.3 Å². The van der Waals surface area contributed by atoms with Crippen LogP contribution in [-0.2, 0) is 4.79 Å². The molecule has 7 nitrogen and oxygen atoms in total. The van der Waals surface area contributed by atoms with Crippen molar-refractivity contribution >= 4 is 40.9 Å². The van der Waals surface area contributed by atoms with Crippen LogP contribution in [0.1, 0.15) is 15.9 Å². The molecule has 3 N–H and O–H groups in total. The molecule has 25 heavy (non-hydrogen) atoms. The number of thioether (sulfide) groups is 1. The average molecular weight is 354 g/mol. The number of hydrogen-bond acceptors (Lipinski definition) is 5. The van der Waals surface area contributed by atoms with Crippen LogP contribution >= 0.6 is 11.8 Å². The Morgan fingerprint density at radius 1 is 1.20 bits per heavy atom. The fourth-order valence-corrected chi connectivity index (χ4v) is 2.82. The highest BCUT2D eigenvalue weighted by molar-refractivity contribution is 7.99. The number of aromatic nitrogens is 2. The highest BCUT2D eigenvalue weighted by Gasteiger charge is 2.08. The quantitative estimate of drug-likeness (QED) is 0.358. The number of H-pyrrole nitrogens is 1. The van der Waals surface area contributed by atoms with Gasteiger partial charge in [0, 0.05) is 5.56 Å². The molecular weight excluding hydrogens is 340 g/mol. The molecule has 0 atom stereocenters. The summed E-state index contributed by atoms with van der Waals surface area (Å²) in [5, 5.41) is 13.5. The molecule has 3 aromatic rings. The van der Waals surface area contributed by atoms with Crippen LogP contribution in [0.4, 0.5) is 0 Å². The number of carbonyl (C=O) groups excluding carboxylic acids is 1. The lowest BCUT2D eigenvalue weighted by Gasteiger charge is -2.00. The zero-order valence-electron chi connectivity index (χ0n) is 13.0. The van der Waals surface area contributed by atoms with E-state index >= 15 is 0 Å². The maximum absolute atomic E-state index is 11.8. The molecule has 0 unspecified atom stereocenters. The number of fused-ring (bicyclic) bond motifs is 1. The molecule has 8 heteroatoms. The zero-order chi connectivity index (χ0) is 17.6. The van der Waals surface area contributed by atoms with Gasteiger partial charge in [0.1, 0.15) is 0 Å². The predicted octanol–water partition coefficient (Wildman–Crippen LogP) is 2.50. The van der Waals surface area contributed by atoms with E-state index in [1.165, 1.54) is 24.0 Å². The number of imidazole rings is 1. The Kier molecular flexibility index (Phi) is 5.10. The van der Waals surface area contributed by atoms with Gasteiger partial charge in [-0.25, -0.2) is 15.2 Å². The van der Waals surface area contributed by atoms with Gasteiger partial charge in [-0.15, -0.1) is 0 Å². The molecule has 1 amide bonds. The normalized spacial score (nSPS) is 11.0. The van der Waals surface area contributed by atoms with Crippen LogP contribution < -0.4 is 5.43 Å². The molecule has 0 fully saturated rings. The number of rotatable bonds is 6. The topological polar surface area (TPSA) is 107 Å². The number of hydrogen-bond donors (Lipinski definition) is 3. The van der Waals surface area contributed by atoms with E-state index in [2.05, 4.69) is 20.5 Å². The molecule has 0 saturated heterocycles. The van der Waals surface area contributed by atoms with Gasteiger partial charge in [-0.1, -0.05) is 42.1 Å². The molecule has 126 valence electrons. The number of nitrogens with zero attached hydrogens (tertiary/aromatic N) is 2. The number of aromatic amines is 1. The molecule has 0 radical (unpaired) electrons. The van der Waals surface area contributed by atoms with Crippen LogP contribution in [0.25, 0.3) is 11.0 Å². The van der Waals surface area contributed by atoms with E-state index < -0.39 is 5.97 Å². The largest absolute Gasteiger partial charge is 0.478 e. The molecular formula is C17H14N4O3S. The monoisotopic (exact) mass is 354 g/mol. The number of carboxylic acids is 1. The summed E-state index contributed by atoms with van der Waals surface area (Å²) in [6.45, 7) is 0.